The molecule has 0 saturated heterocycles. The van der Waals surface area contributed by atoms with Gasteiger partial charge in [0.1, 0.15) is 5.75 Å². The minimum absolute atomic E-state index is 0.227. The topological polar surface area (TPSA) is 48.0 Å². The fraction of sp³-hybridized carbons (Fsp3) is 0.741. The van der Waals surface area contributed by atoms with E-state index in [9.17, 15) is 4.79 Å². The molecule has 0 aromatic heterocycles. The number of benzene rings is 1. The second-order valence-electron chi connectivity index (χ2n) is 9.89. The number of hydrogen-bond acceptors (Lipinski definition) is 4. The van der Waals surface area contributed by atoms with E-state index in [1.165, 1.54) is 51.4 Å². The summed E-state index contributed by atoms with van der Waals surface area (Å²) in [6, 6.07) is 2.37. The number of ether oxygens (including phenoxy) is 3. The van der Waals surface area contributed by atoms with Crippen molar-refractivity contribution in [1.82, 2.24) is 4.90 Å². The van der Waals surface area contributed by atoms with Gasteiger partial charge in [-0.1, -0.05) is 52.4 Å². The highest BCUT2D eigenvalue weighted by atomic mass is 16.5. The Morgan fingerprint density at radius 3 is 2.03 bits per heavy atom. The van der Waals surface area contributed by atoms with Crippen molar-refractivity contribution in [3.05, 3.63) is 17.2 Å². The van der Waals surface area contributed by atoms with Crippen molar-refractivity contribution < 1.29 is 19.0 Å². The Morgan fingerprint density at radius 1 is 0.906 bits per heavy atom. The van der Waals surface area contributed by atoms with Crippen LogP contribution in [0, 0.1) is 5.92 Å². The normalized spacial score (nSPS) is 17.9. The number of methoxy groups -OCH3 is 3. The molecular weight excluding hydrogens is 402 g/mol. The monoisotopic (exact) mass is 445 g/mol. The molecule has 5 heteroatoms. The molecule has 5 nitrogen and oxygen atoms in total. The molecule has 2 aliphatic carbocycles. The molecule has 0 unspecified atom stereocenters. The van der Waals surface area contributed by atoms with Crippen LogP contribution in [-0.4, -0.2) is 38.2 Å². The van der Waals surface area contributed by atoms with Gasteiger partial charge in [0, 0.05) is 30.1 Å². The first-order valence-electron chi connectivity index (χ1n) is 12.6. The van der Waals surface area contributed by atoms with Gasteiger partial charge in [0.2, 0.25) is 5.91 Å². The smallest absolute Gasteiger partial charge is 0.223 e. The van der Waals surface area contributed by atoms with Crippen LogP contribution in [0.25, 0.3) is 0 Å². The van der Waals surface area contributed by atoms with Gasteiger partial charge < -0.3 is 19.1 Å². The lowest BCUT2D eigenvalue weighted by atomic mass is 9.86. The maximum absolute atomic E-state index is 13.6. The molecule has 0 aliphatic heterocycles. The fourth-order valence-corrected chi connectivity index (χ4v) is 5.69. The SMILES string of the molecule is COc1cc(CN(C(=O)CC2CCCCC2)C2CCCCC2)c(OC)c(OC)c1C(C)C. The lowest BCUT2D eigenvalue weighted by Crippen LogP contribution is -2.41. The third-order valence-corrected chi connectivity index (χ3v) is 7.38. The van der Waals surface area contributed by atoms with Gasteiger partial charge in [0.05, 0.1) is 21.3 Å². The molecule has 2 aliphatic rings. The predicted molar refractivity (Wildman–Crippen MR) is 129 cm³/mol. The van der Waals surface area contributed by atoms with E-state index in [-0.39, 0.29) is 5.92 Å². The first-order valence-corrected chi connectivity index (χ1v) is 12.6. The molecule has 180 valence electrons. The second kappa shape index (κ2) is 11.8. The first-order chi connectivity index (χ1) is 15.5. The number of hydrogen-bond donors (Lipinski definition) is 0. The van der Waals surface area contributed by atoms with Gasteiger partial charge in [-0.05, 0) is 43.6 Å². The van der Waals surface area contributed by atoms with Crippen LogP contribution in [-0.2, 0) is 11.3 Å². The second-order valence-corrected chi connectivity index (χ2v) is 9.89. The molecule has 0 heterocycles. The highest BCUT2D eigenvalue weighted by Gasteiger charge is 2.30. The zero-order valence-electron chi connectivity index (χ0n) is 20.9. The summed E-state index contributed by atoms with van der Waals surface area (Å²) in [5, 5.41) is 0. The van der Waals surface area contributed by atoms with Crippen LogP contribution in [0.2, 0.25) is 0 Å². The fourth-order valence-electron chi connectivity index (χ4n) is 5.69. The maximum atomic E-state index is 13.6. The number of nitrogens with zero attached hydrogens (tertiary/aromatic N) is 1. The van der Waals surface area contributed by atoms with Gasteiger partial charge in [-0.2, -0.15) is 0 Å². The van der Waals surface area contributed by atoms with E-state index in [1.54, 1.807) is 21.3 Å². The van der Waals surface area contributed by atoms with Crippen molar-refractivity contribution in [3.63, 3.8) is 0 Å². The quantitative estimate of drug-likeness (QED) is 0.437. The van der Waals surface area contributed by atoms with Crippen LogP contribution in [0.5, 0.6) is 17.2 Å². The van der Waals surface area contributed by atoms with Gasteiger partial charge >= 0.3 is 0 Å². The van der Waals surface area contributed by atoms with Crippen molar-refractivity contribution >= 4 is 5.91 Å². The number of rotatable bonds is 9. The molecule has 2 fully saturated rings. The molecule has 0 atom stereocenters. The standard InChI is InChI=1S/C27H43NO4/c1-19(2)25-23(30-3)17-21(26(31-4)27(25)32-5)18-28(22-14-10-7-11-15-22)24(29)16-20-12-8-6-9-13-20/h17,19-20,22H,6-16,18H2,1-5H3. The van der Waals surface area contributed by atoms with Crippen LogP contribution in [0.4, 0.5) is 0 Å². The Labute approximate surface area is 194 Å². The van der Waals surface area contributed by atoms with Crippen molar-refractivity contribution in [2.45, 2.75) is 103 Å². The first kappa shape index (κ1) is 24.7. The minimum atomic E-state index is 0.227. The predicted octanol–water partition coefficient (Wildman–Crippen LogP) is 6.47. The lowest BCUT2D eigenvalue weighted by molar-refractivity contribution is -0.136. The van der Waals surface area contributed by atoms with Crippen molar-refractivity contribution in [1.29, 1.82) is 0 Å². The summed E-state index contributed by atoms with van der Waals surface area (Å²) in [5.41, 5.74) is 1.97. The summed E-state index contributed by atoms with van der Waals surface area (Å²) in [4.78, 5) is 15.8. The van der Waals surface area contributed by atoms with Gasteiger partial charge in [-0.3, -0.25) is 4.79 Å². The largest absolute Gasteiger partial charge is 0.496 e. The van der Waals surface area contributed by atoms with Gasteiger partial charge in [-0.25, -0.2) is 0 Å². The number of amides is 1. The molecule has 0 spiro atoms. The van der Waals surface area contributed by atoms with E-state index < -0.39 is 0 Å². The van der Waals surface area contributed by atoms with E-state index in [1.807, 2.05) is 0 Å². The Balaban J connectivity index is 1.94. The molecular formula is C27H43NO4. The number of carbonyl (C=O) groups is 1. The van der Waals surface area contributed by atoms with Gasteiger partial charge in [0.25, 0.3) is 0 Å². The summed E-state index contributed by atoms with van der Waals surface area (Å²) >= 11 is 0. The van der Waals surface area contributed by atoms with Crippen LogP contribution in [0.3, 0.4) is 0 Å². The molecule has 0 N–H and O–H groups in total. The average molecular weight is 446 g/mol. The molecule has 1 amide bonds. The van der Waals surface area contributed by atoms with Crippen LogP contribution >= 0.6 is 0 Å². The molecule has 0 bridgehead atoms. The van der Waals surface area contributed by atoms with E-state index >= 15 is 0 Å². The van der Waals surface area contributed by atoms with E-state index in [2.05, 4.69) is 24.8 Å². The summed E-state index contributed by atoms with van der Waals surface area (Å²) in [7, 11) is 5.07. The van der Waals surface area contributed by atoms with Crippen LogP contribution in [0.1, 0.15) is 102 Å². The zero-order chi connectivity index (χ0) is 23.1. The van der Waals surface area contributed by atoms with Crippen LogP contribution < -0.4 is 14.2 Å². The third-order valence-electron chi connectivity index (χ3n) is 7.38. The Hall–Kier alpha value is -1.91. The summed E-state index contributed by atoms with van der Waals surface area (Å²) in [5.74, 6) is 3.32. The zero-order valence-corrected chi connectivity index (χ0v) is 20.9. The van der Waals surface area contributed by atoms with Crippen molar-refractivity contribution in [3.8, 4) is 17.2 Å². The van der Waals surface area contributed by atoms with Crippen molar-refractivity contribution in [2.24, 2.45) is 5.92 Å². The Morgan fingerprint density at radius 2 is 1.50 bits per heavy atom. The minimum Gasteiger partial charge on any atom is -0.496 e. The van der Waals surface area contributed by atoms with Crippen LogP contribution in [0.15, 0.2) is 6.07 Å². The molecule has 1 aromatic carbocycles. The Kier molecular flexibility index (Phi) is 9.12. The van der Waals surface area contributed by atoms with E-state index in [0.29, 0.717) is 30.8 Å². The summed E-state index contributed by atoms with van der Waals surface area (Å²) in [6.45, 7) is 4.80. The maximum Gasteiger partial charge on any atom is 0.223 e. The summed E-state index contributed by atoms with van der Waals surface area (Å²) in [6.07, 6.45) is 12.8. The van der Waals surface area contributed by atoms with Gasteiger partial charge in [0.15, 0.2) is 11.5 Å². The Bertz CT molecular complexity index is 749. The summed E-state index contributed by atoms with van der Waals surface area (Å²) < 4.78 is 17.4. The third kappa shape index (κ3) is 5.71. The average Bonchev–Trinajstić information content (AvgIpc) is 2.82. The number of carbonyl (C=O) groups excluding carboxylic acids is 1. The van der Waals surface area contributed by atoms with Gasteiger partial charge in [-0.15, -0.1) is 0 Å². The van der Waals surface area contributed by atoms with Crippen molar-refractivity contribution in [2.75, 3.05) is 21.3 Å². The highest BCUT2D eigenvalue weighted by molar-refractivity contribution is 5.77. The lowest BCUT2D eigenvalue weighted by Gasteiger charge is -2.36. The highest BCUT2D eigenvalue weighted by Crippen LogP contribution is 2.45. The molecule has 0 radical (unpaired) electrons. The molecule has 1 aromatic rings. The molecule has 32 heavy (non-hydrogen) atoms. The molecule has 3 rings (SSSR count). The molecule has 2 saturated carbocycles. The van der Waals surface area contributed by atoms with E-state index in [0.717, 1.165) is 41.2 Å². The van der Waals surface area contributed by atoms with E-state index in [4.69, 9.17) is 14.2 Å².